The van der Waals surface area contributed by atoms with Gasteiger partial charge in [0.15, 0.2) is 0 Å². The minimum atomic E-state index is -0.311. The molecule has 3 amide bonds. The van der Waals surface area contributed by atoms with Crippen LogP contribution in [-0.2, 0) is 11.3 Å². The number of hydrogen-bond acceptors (Lipinski definition) is 7. The molecule has 0 fully saturated rings. The topological polar surface area (TPSA) is 109 Å². The van der Waals surface area contributed by atoms with Crippen LogP contribution in [0.1, 0.15) is 43.1 Å². The van der Waals surface area contributed by atoms with Crippen molar-refractivity contribution in [2.45, 2.75) is 45.9 Å². The number of carbonyl (C=O) groups is 2. The second kappa shape index (κ2) is 13.2. The smallest absolute Gasteiger partial charge is 0.319 e. The molecule has 0 spiro atoms. The summed E-state index contributed by atoms with van der Waals surface area (Å²) in [7, 11) is 3.44. The lowest BCUT2D eigenvalue weighted by Crippen LogP contribution is -2.46. The zero-order valence-corrected chi connectivity index (χ0v) is 21.9. The number of benzene rings is 1. The van der Waals surface area contributed by atoms with Crippen molar-refractivity contribution in [3.05, 3.63) is 48.0 Å². The van der Waals surface area contributed by atoms with Crippen LogP contribution in [0.2, 0.25) is 0 Å². The average molecular weight is 499 g/mol. The van der Waals surface area contributed by atoms with Gasteiger partial charge < -0.3 is 25.0 Å². The first-order valence-corrected chi connectivity index (χ1v) is 12.4. The van der Waals surface area contributed by atoms with Crippen molar-refractivity contribution in [2.24, 2.45) is 5.92 Å². The molecule has 0 saturated heterocycles. The van der Waals surface area contributed by atoms with Gasteiger partial charge in [-0.25, -0.2) is 14.8 Å². The molecule has 2 N–H and O–H groups in total. The summed E-state index contributed by atoms with van der Waals surface area (Å²) in [6.45, 7) is 9.01. The summed E-state index contributed by atoms with van der Waals surface area (Å²) in [5.41, 5.74) is 1.93. The van der Waals surface area contributed by atoms with Gasteiger partial charge in [-0.15, -0.1) is 0 Å². The summed E-state index contributed by atoms with van der Waals surface area (Å²) in [5.74, 6) is 0.429. The molecule has 3 atom stereocenters. The van der Waals surface area contributed by atoms with E-state index in [2.05, 4.69) is 39.3 Å². The molecule has 10 heteroatoms. The van der Waals surface area contributed by atoms with E-state index in [-0.39, 0.29) is 30.0 Å². The zero-order chi connectivity index (χ0) is 26.1. The molecule has 2 aromatic rings. The van der Waals surface area contributed by atoms with Crippen molar-refractivity contribution in [1.82, 2.24) is 25.1 Å². The van der Waals surface area contributed by atoms with E-state index in [1.165, 1.54) is 6.33 Å². The number of aromatic nitrogens is 2. The second-order valence-electron chi connectivity index (χ2n) is 9.37. The highest BCUT2D eigenvalue weighted by Gasteiger charge is 2.28. The molecular formula is C26H38N6O4. The Morgan fingerprint density at radius 1 is 1.22 bits per heavy atom. The summed E-state index contributed by atoms with van der Waals surface area (Å²) >= 11 is 0. The Hall–Kier alpha value is -3.24. The Balaban J connectivity index is 1.89. The summed E-state index contributed by atoms with van der Waals surface area (Å²) in [5, 5.41) is 5.58. The van der Waals surface area contributed by atoms with Gasteiger partial charge in [0.25, 0.3) is 5.91 Å². The first-order valence-electron chi connectivity index (χ1n) is 12.4. The highest BCUT2D eigenvalue weighted by molar-refractivity contribution is 5.99. The monoisotopic (exact) mass is 498 g/mol. The fourth-order valence-electron chi connectivity index (χ4n) is 4.21. The number of nitrogens with zero attached hydrogens (tertiary/aromatic N) is 4. The zero-order valence-electron chi connectivity index (χ0n) is 21.9. The number of nitrogens with one attached hydrogen (secondary N) is 2. The van der Waals surface area contributed by atoms with Crippen LogP contribution >= 0.6 is 0 Å². The summed E-state index contributed by atoms with van der Waals surface area (Å²) in [6.07, 6.45) is 5.84. The number of carbonyl (C=O) groups excluding carboxylic acids is 2. The van der Waals surface area contributed by atoms with Crippen LogP contribution in [0.4, 0.5) is 10.5 Å². The Morgan fingerprint density at radius 2 is 1.97 bits per heavy atom. The van der Waals surface area contributed by atoms with Crippen molar-refractivity contribution >= 4 is 17.6 Å². The SMILES string of the molecule is CCCNC(=O)Nc1ccc2c(c1)C(=O)N(C)C[C@H](OC)[C@H](C)CN(Cc1cncnc1)[C@H](C)CO2. The molecule has 1 aromatic heterocycles. The Labute approximate surface area is 213 Å². The van der Waals surface area contributed by atoms with Crippen molar-refractivity contribution in [1.29, 1.82) is 0 Å². The molecule has 3 rings (SSSR count). The number of anilines is 1. The van der Waals surface area contributed by atoms with Gasteiger partial charge in [0.05, 0.1) is 11.7 Å². The third kappa shape index (κ3) is 7.38. The quantitative estimate of drug-likeness (QED) is 0.630. The van der Waals surface area contributed by atoms with E-state index in [0.29, 0.717) is 43.2 Å². The molecule has 1 aliphatic heterocycles. The van der Waals surface area contributed by atoms with Crippen LogP contribution in [-0.4, -0.2) is 84.3 Å². The first-order chi connectivity index (χ1) is 17.3. The highest BCUT2D eigenvalue weighted by atomic mass is 16.5. The van der Waals surface area contributed by atoms with Gasteiger partial charge in [0.2, 0.25) is 0 Å². The molecule has 10 nitrogen and oxygen atoms in total. The van der Waals surface area contributed by atoms with E-state index in [1.807, 2.05) is 19.3 Å². The van der Waals surface area contributed by atoms with Gasteiger partial charge in [-0.1, -0.05) is 13.8 Å². The second-order valence-corrected chi connectivity index (χ2v) is 9.37. The van der Waals surface area contributed by atoms with Crippen molar-refractivity contribution in [3.8, 4) is 5.75 Å². The van der Waals surface area contributed by atoms with Crippen molar-refractivity contribution in [2.75, 3.05) is 45.7 Å². The molecule has 1 aliphatic rings. The van der Waals surface area contributed by atoms with Gasteiger partial charge in [-0.3, -0.25) is 9.69 Å². The minimum Gasteiger partial charge on any atom is -0.491 e. The van der Waals surface area contributed by atoms with Crippen LogP contribution in [0.5, 0.6) is 5.75 Å². The number of likely N-dealkylation sites (N-methyl/N-ethyl adjacent to an activating group) is 1. The average Bonchev–Trinajstić information content (AvgIpc) is 2.88. The molecule has 196 valence electrons. The number of ether oxygens (including phenoxy) is 2. The van der Waals surface area contributed by atoms with Gasteiger partial charge in [0, 0.05) is 70.0 Å². The number of methoxy groups -OCH3 is 1. The number of rotatable bonds is 6. The summed E-state index contributed by atoms with van der Waals surface area (Å²) in [6, 6.07) is 4.88. The van der Waals surface area contributed by atoms with E-state index >= 15 is 0 Å². The molecule has 0 bridgehead atoms. The fourth-order valence-corrected chi connectivity index (χ4v) is 4.21. The van der Waals surface area contributed by atoms with Crippen LogP contribution in [0.25, 0.3) is 0 Å². The van der Waals surface area contributed by atoms with Crippen molar-refractivity contribution in [3.63, 3.8) is 0 Å². The number of urea groups is 1. The lowest BCUT2D eigenvalue weighted by Gasteiger charge is -2.36. The largest absolute Gasteiger partial charge is 0.491 e. The standard InChI is InChI=1S/C26H38N6O4/c1-6-9-29-26(34)30-21-7-8-23-22(10-21)25(33)31(4)15-24(35-5)18(2)13-32(19(3)16-36-23)14-20-11-27-17-28-12-20/h7-8,10-12,17-19,24H,6,9,13-16H2,1-5H3,(H2,29,30,34)/t18-,19-,24+/m1/s1. The molecule has 2 heterocycles. The van der Waals surface area contributed by atoms with E-state index in [9.17, 15) is 9.59 Å². The lowest BCUT2D eigenvalue weighted by atomic mass is 10.0. The normalized spacial score (nSPS) is 21.5. The molecule has 0 saturated carbocycles. The highest BCUT2D eigenvalue weighted by Crippen LogP contribution is 2.26. The fraction of sp³-hybridized carbons (Fsp3) is 0.538. The maximum atomic E-state index is 13.5. The lowest BCUT2D eigenvalue weighted by molar-refractivity contribution is 0.00918. The van der Waals surface area contributed by atoms with E-state index in [4.69, 9.17) is 9.47 Å². The van der Waals surface area contributed by atoms with Gasteiger partial charge in [-0.05, 0) is 37.5 Å². The van der Waals surface area contributed by atoms with Gasteiger partial charge in [0.1, 0.15) is 18.7 Å². The summed E-state index contributed by atoms with van der Waals surface area (Å²) in [4.78, 5) is 37.9. The molecule has 0 aliphatic carbocycles. The molecule has 36 heavy (non-hydrogen) atoms. The molecular weight excluding hydrogens is 460 g/mol. The Bertz CT molecular complexity index is 1010. The first kappa shape index (κ1) is 27.3. The number of hydrogen-bond donors (Lipinski definition) is 2. The van der Waals surface area contributed by atoms with Gasteiger partial charge in [-0.2, -0.15) is 0 Å². The van der Waals surface area contributed by atoms with Crippen LogP contribution < -0.4 is 15.4 Å². The van der Waals surface area contributed by atoms with E-state index in [1.54, 1.807) is 37.3 Å². The van der Waals surface area contributed by atoms with E-state index in [0.717, 1.165) is 18.5 Å². The maximum Gasteiger partial charge on any atom is 0.319 e. The maximum absolute atomic E-state index is 13.5. The van der Waals surface area contributed by atoms with E-state index < -0.39 is 0 Å². The van der Waals surface area contributed by atoms with Gasteiger partial charge >= 0.3 is 6.03 Å². The van der Waals surface area contributed by atoms with Crippen LogP contribution in [0.3, 0.4) is 0 Å². The molecule has 0 unspecified atom stereocenters. The third-order valence-electron chi connectivity index (χ3n) is 6.37. The Kier molecular flexibility index (Phi) is 10.0. The van der Waals surface area contributed by atoms with Crippen molar-refractivity contribution < 1.29 is 19.1 Å². The summed E-state index contributed by atoms with van der Waals surface area (Å²) < 4.78 is 12.0. The minimum absolute atomic E-state index is 0.0443. The number of amides is 3. The molecule has 1 aromatic carbocycles. The molecule has 0 radical (unpaired) electrons. The van der Waals surface area contributed by atoms with Crippen LogP contribution in [0.15, 0.2) is 36.9 Å². The number of fused-ring (bicyclic) bond motifs is 1. The third-order valence-corrected chi connectivity index (χ3v) is 6.37. The predicted octanol–water partition coefficient (Wildman–Crippen LogP) is 3.01. The predicted molar refractivity (Wildman–Crippen MR) is 138 cm³/mol. The Morgan fingerprint density at radius 3 is 2.67 bits per heavy atom. The van der Waals surface area contributed by atoms with Crippen LogP contribution in [0, 0.1) is 5.92 Å².